The van der Waals surface area contributed by atoms with Gasteiger partial charge in [-0.15, -0.1) is 0 Å². The molecule has 0 atom stereocenters. The highest BCUT2D eigenvalue weighted by atomic mass is 16.5. The molecule has 1 rings (SSSR count). The van der Waals surface area contributed by atoms with Gasteiger partial charge >= 0.3 is 0 Å². The van der Waals surface area contributed by atoms with Gasteiger partial charge in [-0.3, -0.25) is 0 Å². The second kappa shape index (κ2) is 4.42. The smallest absolute Gasteiger partial charge is 0.214 e. The predicted molar refractivity (Wildman–Crippen MR) is 57.4 cm³/mol. The molecule has 3 heteroatoms. The first kappa shape index (κ1) is 11.0. The standard InChI is InChI=1S/C11H18N2O/c1-11(2,3)14-10-7-9(8-12-4)5-6-13-10/h5-7,12H,8H2,1-4H3. The fraction of sp³-hybridized carbons (Fsp3) is 0.545. The number of hydrogen-bond acceptors (Lipinski definition) is 3. The van der Waals surface area contributed by atoms with E-state index in [2.05, 4.69) is 10.3 Å². The maximum Gasteiger partial charge on any atom is 0.214 e. The van der Waals surface area contributed by atoms with Crippen molar-refractivity contribution in [1.29, 1.82) is 0 Å². The van der Waals surface area contributed by atoms with Gasteiger partial charge in [0.05, 0.1) is 0 Å². The van der Waals surface area contributed by atoms with E-state index in [4.69, 9.17) is 4.74 Å². The van der Waals surface area contributed by atoms with E-state index in [9.17, 15) is 0 Å². The fourth-order valence-electron chi connectivity index (χ4n) is 1.13. The van der Waals surface area contributed by atoms with E-state index in [0.29, 0.717) is 5.88 Å². The molecule has 0 saturated carbocycles. The highest BCUT2D eigenvalue weighted by Gasteiger charge is 2.12. The van der Waals surface area contributed by atoms with Crippen molar-refractivity contribution in [2.45, 2.75) is 32.9 Å². The van der Waals surface area contributed by atoms with Crippen LogP contribution in [0.4, 0.5) is 0 Å². The molecule has 1 aromatic heterocycles. The van der Waals surface area contributed by atoms with Crippen LogP contribution in [0.25, 0.3) is 0 Å². The second-order valence-corrected chi connectivity index (χ2v) is 4.25. The Morgan fingerprint density at radius 3 is 2.71 bits per heavy atom. The van der Waals surface area contributed by atoms with Gasteiger partial charge in [-0.25, -0.2) is 4.98 Å². The van der Waals surface area contributed by atoms with Gasteiger partial charge < -0.3 is 10.1 Å². The molecule has 3 nitrogen and oxygen atoms in total. The Kier molecular flexibility index (Phi) is 3.47. The lowest BCUT2D eigenvalue weighted by atomic mass is 10.2. The summed E-state index contributed by atoms with van der Waals surface area (Å²) < 4.78 is 5.65. The van der Waals surface area contributed by atoms with Crippen LogP contribution in [-0.2, 0) is 6.54 Å². The van der Waals surface area contributed by atoms with E-state index in [1.165, 1.54) is 5.56 Å². The van der Waals surface area contributed by atoms with Crippen LogP contribution in [0.3, 0.4) is 0 Å². The van der Waals surface area contributed by atoms with Crippen molar-refractivity contribution in [1.82, 2.24) is 10.3 Å². The zero-order valence-electron chi connectivity index (χ0n) is 9.29. The van der Waals surface area contributed by atoms with Crippen LogP contribution in [0.5, 0.6) is 5.88 Å². The summed E-state index contributed by atoms with van der Waals surface area (Å²) in [6.07, 6.45) is 1.77. The minimum atomic E-state index is -0.189. The molecule has 1 N–H and O–H groups in total. The summed E-state index contributed by atoms with van der Waals surface area (Å²) in [6.45, 7) is 6.88. The van der Waals surface area contributed by atoms with E-state index >= 15 is 0 Å². The maximum atomic E-state index is 5.65. The zero-order valence-corrected chi connectivity index (χ0v) is 9.29. The van der Waals surface area contributed by atoms with E-state index in [0.717, 1.165) is 6.54 Å². The first-order valence-electron chi connectivity index (χ1n) is 4.80. The Hall–Kier alpha value is -1.09. The van der Waals surface area contributed by atoms with Crippen LogP contribution in [0.2, 0.25) is 0 Å². The van der Waals surface area contributed by atoms with Crippen LogP contribution in [0, 0.1) is 0 Å². The SMILES string of the molecule is CNCc1ccnc(OC(C)(C)C)c1. The summed E-state index contributed by atoms with van der Waals surface area (Å²) in [5, 5.41) is 3.09. The highest BCUT2D eigenvalue weighted by Crippen LogP contribution is 2.15. The molecule has 0 spiro atoms. The summed E-state index contributed by atoms with van der Waals surface area (Å²) >= 11 is 0. The average molecular weight is 194 g/mol. The lowest BCUT2D eigenvalue weighted by Gasteiger charge is -2.20. The zero-order chi connectivity index (χ0) is 10.6. The highest BCUT2D eigenvalue weighted by molar-refractivity contribution is 5.20. The predicted octanol–water partition coefficient (Wildman–Crippen LogP) is 1.98. The minimum absolute atomic E-state index is 0.189. The second-order valence-electron chi connectivity index (χ2n) is 4.25. The molecule has 0 aromatic carbocycles. The van der Waals surface area contributed by atoms with E-state index in [1.807, 2.05) is 40.0 Å². The molecular weight excluding hydrogens is 176 g/mol. The largest absolute Gasteiger partial charge is 0.472 e. The Balaban J connectivity index is 2.73. The molecule has 0 saturated heterocycles. The molecule has 0 aliphatic rings. The first-order valence-corrected chi connectivity index (χ1v) is 4.80. The van der Waals surface area contributed by atoms with E-state index in [1.54, 1.807) is 6.20 Å². The van der Waals surface area contributed by atoms with Crippen molar-refractivity contribution in [3.05, 3.63) is 23.9 Å². The Bertz CT molecular complexity index is 292. The number of nitrogens with zero attached hydrogens (tertiary/aromatic N) is 1. The van der Waals surface area contributed by atoms with Crippen molar-refractivity contribution in [2.75, 3.05) is 7.05 Å². The van der Waals surface area contributed by atoms with Crippen molar-refractivity contribution in [3.8, 4) is 5.88 Å². The topological polar surface area (TPSA) is 34.2 Å². The van der Waals surface area contributed by atoms with Crippen LogP contribution in [0.15, 0.2) is 18.3 Å². The summed E-state index contributed by atoms with van der Waals surface area (Å²) in [6, 6.07) is 3.94. The Labute approximate surface area is 85.5 Å². The molecule has 1 aromatic rings. The minimum Gasteiger partial charge on any atom is -0.472 e. The molecule has 0 bridgehead atoms. The molecule has 0 radical (unpaired) electrons. The third kappa shape index (κ3) is 3.75. The molecule has 14 heavy (non-hydrogen) atoms. The average Bonchev–Trinajstić information content (AvgIpc) is 2.02. The molecule has 0 unspecified atom stereocenters. The van der Waals surface area contributed by atoms with Gasteiger partial charge in [0.25, 0.3) is 0 Å². The van der Waals surface area contributed by atoms with Gasteiger partial charge in [0.15, 0.2) is 0 Å². The number of pyridine rings is 1. The first-order chi connectivity index (χ1) is 6.51. The van der Waals surface area contributed by atoms with Gasteiger partial charge in [-0.05, 0) is 39.4 Å². The normalized spacial score (nSPS) is 11.4. The third-order valence-corrected chi connectivity index (χ3v) is 1.59. The van der Waals surface area contributed by atoms with E-state index in [-0.39, 0.29) is 5.60 Å². The van der Waals surface area contributed by atoms with E-state index < -0.39 is 0 Å². The summed E-state index contributed by atoms with van der Waals surface area (Å²) in [7, 11) is 1.92. The maximum absolute atomic E-state index is 5.65. The van der Waals surface area contributed by atoms with Gasteiger partial charge in [0, 0.05) is 18.8 Å². The van der Waals surface area contributed by atoms with Crippen molar-refractivity contribution in [3.63, 3.8) is 0 Å². The molecule has 78 valence electrons. The molecule has 1 heterocycles. The summed E-state index contributed by atoms with van der Waals surface area (Å²) in [5.41, 5.74) is 0.993. The van der Waals surface area contributed by atoms with Crippen LogP contribution in [0.1, 0.15) is 26.3 Å². The molecule has 0 aliphatic heterocycles. The quantitative estimate of drug-likeness (QED) is 0.799. The van der Waals surface area contributed by atoms with Crippen LogP contribution in [-0.4, -0.2) is 17.6 Å². The Morgan fingerprint density at radius 1 is 1.43 bits per heavy atom. The van der Waals surface area contributed by atoms with Crippen molar-refractivity contribution >= 4 is 0 Å². The third-order valence-electron chi connectivity index (χ3n) is 1.59. The number of rotatable bonds is 3. The molecule has 0 aliphatic carbocycles. The number of ether oxygens (including phenoxy) is 1. The van der Waals surface area contributed by atoms with Gasteiger partial charge in [0.2, 0.25) is 5.88 Å². The van der Waals surface area contributed by atoms with Gasteiger partial charge in [-0.2, -0.15) is 0 Å². The Morgan fingerprint density at radius 2 is 2.14 bits per heavy atom. The molecular formula is C11H18N2O. The van der Waals surface area contributed by atoms with Crippen molar-refractivity contribution in [2.24, 2.45) is 0 Å². The van der Waals surface area contributed by atoms with Crippen molar-refractivity contribution < 1.29 is 4.74 Å². The number of hydrogen-bond donors (Lipinski definition) is 1. The summed E-state index contributed by atoms with van der Waals surface area (Å²) in [4.78, 5) is 4.16. The number of aromatic nitrogens is 1. The summed E-state index contributed by atoms with van der Waals surface area (Å²) in [5.74, 6) is 0.685. The molecule has 0 amide bonds. The van der Waals surface area contributed by atoms with Crippen LogP contribution >= 0.6 is 0 Å². The number of nitrogens with one attached hydrogen (secondary N) is 1. The lowest BCUT2D eigenvalue weighted by Crippen LogP contribution is -2.23. The fourth-order valence-corrected chi connectivity index (χ4v) is 1.13. The monoisotopic (exact) mass is 194 g/mol. The molecule has 0 fully saturated rings. The van der Waals surface area contributed by atoms with Gasteiger partial charge in [-0.1, -0.05) is 0 Å². The van der Waals surface area contributed by atoms with Crippen LogP contribution < -0.4 is 10.1 Å². The lowest BCUT2D eigenvalue weighted by molar-refractivity contribution is 0.124. The van der Waals surface area contributed by atoms with Gasteiger partial charge in [0.1, 0.15) is 5.60 Å².